The Labute approximate surface area is 146 Å². The summed E-state index contributed by atoms with van der Waals surface area (Å²) in [5.74, 6) is -0.468. The number of carbonyl (C=O) groups excluding carboxylic acids is 1. The SMILES string of the molecule is CCOC(=O)c1sc2nc(C=Cc3cccc(F)c3)[nH]c(=O)c2c1C. The van der Waals surface area contributed by atoms with Crippen molar-refractivity contribution in [2.24, 2.45) is 0 Å². The molecular weight excluding hydrogens is 343 g/mol. The average Bonchev–Trinajstić information content (AvgIpc) is 2.91. The maximum atomic E-state index is 13.2. The average molecular weight is 358 g/mol. The number of fused-ring (bicyclic) bond motifs is 1. The molecule has 0 unspecified atom stereocenters. The van der Waals surface area contributed by atoms with Gasteiger partial charge in [0, 0.05) is 0 Å². The molecule has 1 aromatic carbocycles. The van der Waals surface area contributed by atoms with Crippen molar-refractivity contribution < 1.29 is 13.9 Å². The van der Waals surface area contributed by atoms with Gasteiger partial charge in [-0.3, -0.25) is 4.79 Å². The normalized spacial score (nSPS) is 11.3. The minimum atomic E-state index is -0.459. The van der Waals surface area contributed by atoms with Gasteiger partial charge in [0.2, 0.25) is 0 Å². The number of aromatic nitrogens is 2. The topological polar surface area (TPSA) is 72.0 Å². The van der Waals surface area contributed by atoms with Gasteiger partial charge in [0.1, 0.15) is 21.3 Å². The monoisotopic (exact) mass is 358 g/mol. The number of carbonyl (C=O) groups is 1. The molecule has 0 saturated carbocycles. The Morgan fingerprint density at radius 1 is 1.40 bits per heavy atom. The summed E-state index contributed by atoms with van der Waals surface area (Å²) in [5.41, 5.74) is 0.887. The maximum Gasteiger partial charge on any atom is 0.348 e. The number of aryl methyl sites for hydroxylation is 1. The molecule has 0 radical (unpaired) electrons. The highest BCUT2D eigenvalue weighted by molar-refractivity contribution is 7.20. The number of hydrogen-bond acceptors (Lipinski definition) is 5. The predicted octanol–water partition coefficient (Wildman–Crippen LogP) is 3.78. The zero-order valence-electron chi connectivity index (χ0n) is 13.6. The summed E-state index contributed by atoms with van der Waals surface area (Å²) in [7, 11) is 0. The molecule has 0 fully saturated rings. The number of H-pyrrole nitrogens is 1. The Kier molecular flexibility index (Phi) is 4.76. The maximum absolute atomic E-state index is 13.2. The summed E-state index contributed by atoms with van der Waals surface area (Å²) in [5, 5.41) is 0.385. The summed E-state index contributed by atoms with van der Waals surface area (Å²) < 4.78 is 18.2. The molecular formula is C18H15FN2O3S. The molecule has 0 aliphatic rings. The van der Waals surface area contributed by atoms with Gasteiger partial charge in [0.15, 0.2) is 0 Å². The first-order valence-corrected chi connectivity index (χ1v) is 8.45. The van der Waals surface area contributed by atoms with Gasteiger partial charge in [0.25, 0.3) is 5.56 Å². The van der Waals surface area contributed by atoms with E-state index in [4.69, 9.17) is 4.74 Å². The van der Waals surface area contributed by atoms with Crippen molar-refractivity contribution >= 4 is 39.7 Å². The van der Waals surface area contributed by atoms with Crippen molar-refractivity contribution in [2.45, 2.75) is 13.8 Å². The van der Waals surface area contributed by atoms with E-state index in [1.54, 1.807) is 38.1 Å². The summed E-state index contributed by atoms with van der Waals surface area (Å²) in [6, 6.07) is 6.07. The van der Waals surface area contributed by atoms with Crippen molar-refractivity contribution in [1.29, 1.82) is 0 Å². The molecule has 25 heavy (non-hydrogen) atoms. The largest absolute Gasteiger partial charge is 0.462 e. The Hall–Kier alpha value is -2.80. The predicted molar refractivity (Wildman–Crippen MR) is 96.3 cm³/mol. The van der Waals surface area contributed by atoms with E-state index in [1.807, 2.05) is 0 Å². The van der Waals surface area contributed by atoms with Crippen LogP contribution in [0.1, 0.15) is 33.5 Å². The van der Waals surface area contributed by atoms with E-state index in [-0.39, 0.29) is 18.0 Å². The molecule has 3 rings (SSSR count). The Bertz CT molecular complexity index is 1040. The number of thiophene rings is 1. The molecule has 128 valence electrons. The van der Waals surface area contributed by atoms with Gasteiger partial charge in [-0.15, -0.1) is 11.3 Å². The summed E-state index contributed by atoms with van der Waals surface area (Å²) in [6.45, 7) is 3.68. The van der Waals surface area contributed by atoms with Crippen LogP contribution in [0.2, 0.25) is 0 Å². The molecule has 1 N–H and O–H groups in total. The number of esters is 1. The zero-order chi connectivity index (χ0) is 18.0. The van der Waals surface area contributed by atoms with Crippen LogP contribution in [0.25, 0.3) is 22.4 Å². The third-order valence-electron chi connectivity index (χ3n) is 3.56. The smallest absolute Gasteiger partial charge is 0.348 e. The second kappa shape index (κ2) is 6.98. The van der Waals surface area contributed by atoms with Crippen LogP contribution in [0.5, 0.6) is 0 Å². The fourth-order valence-corrected chi connectivity index (χ4v) is 3.50. The van der Waals surface area contributed by atoms with Gasteiger partial charge < -0.3 is 9.72 Å². The highest BCUT2D eigenvalue weighted by atomic mass is 32.1. The number of ether oxygens (including phenoxy) is 1. The molecule has 0 amide bonds. The van der Waals surface area contributed by atoms with Crippen LogP contribution in [-0.4, -0.2) is 22.5 Å². The van der Waals surface area contributed by atoms with Crippen molar-refractivity contribution in [2.75, 3.05) is 6.61 Å². The van der Waals surface area contributed by atoms with Crippen LogP contribution in [0.15, 0.2) is 29.1 Å². The zero-order valence-corrected chi connectivity index (χ0v) is 14.4. The lowest BCUT2D eigenvalue weighted by molar-refractivity contribution is 0.0531. The van der Waals surface area contributed by atoms with E-state index in [2.05, 4.69) is 9.97 Å². The van der Waals surface area contributed by atoms with Crippen LogP contribution < -0.4 is 5.56 Å². The van der Waals surface area contributed by atoms with Gasteiger partial charge in [-0.25, -0.2) is 14.2 Å². The molecule has 5 nitrogen and oxygen atoms in total. The molecule has 2 aromatic heterocycles. The minimum Gasteiger partial charge on any atom is -0.462 e. The van der Waals surface area contributed by atoms with Gasteiger partial charge in [-0.1, -0.05) is 18.2 Å². The molecule has 0 saturated heterocycles. The van der Waals surface area contributed by atoms with Crippen molar-refractivity contribution in [3.05, 3.63) is 62.3 Å². The lowest BCUT2D eigenvalue weighted by atomic mass is 10.2. The number of benzene rings is 1. The Balaban J connectivity index is 2.01. The van der Waals surface area contributed by atoms with Crippen LogP contribution in [0, 0.1) is 12.7 Å². The summed E-state index contributed by atoms with van der Waals surface area (Å²) >= 11 is 1.12. The van der Waals surface area contributed by atoms with Gasteiger partial charge in [-0.2, -0.15) is 0 Å². The van der Waals surface area contributed by atoms with Gasteiger partial charge in [0.05, 0.1) is 12.0 Å². The molecule has 7 heteroatoms. The minimum absolute atomic E-state index is 0.262. The molecule has 0 aliphatic carbocycles. The van der Waals surface area contributed by atoms with Gasteiger partial charge >= 0.3 is 5.97 Å². The molecule has 0 bridgehead atoms. The lowest BCUT2D eigenvalue weighted by Gasteiger charge is -1.98. The third-order valence-corrected chi connectivity index (χ3v) is 4.73. The van der Waals surface area contributed by atoms with Crippen LogP contribution >= 0.6 is 11.3 Å². The summed E-state index contributed by atoms with van der Waals surface area (Å²) in [4.78, 5) is 32.2. The van der Waals surface area contributed by atoms with E-state index >= 15 is 0 Å². The number of nitrogens with one attached hydrogen (secondary N) is 1. The van der Waals surface area contributed by atoms with Crippen LogP contribution in [-0.2, 0) is 4.74 Å². The first kappa shape index (κ1) is 17.0. The first-order valence-electron chi connectivity index (χ1n) is 7.63. The van der Waals surface area contributed by atoms with Gasteiger partial charge in [-0.05, 0) is 43.2 Å². The van der Waals surface area contributed by atoms with Crippen molar-refractivity contribution in [1.82, 2.24) is 9.97 Å². The van der Waals surface area contributed by atoms with E-state index in [0.717, 1.165) is 11.3 Å². The second-order valence-corrected chi connectivity index (χ2v) is 6.30. The highest BCUT2D eigenvalue weighted by Crippen LogP contribution is 2.27. The number of hydrogen-bond donors (Lipinski definition) is 1. The first-order chi connectivity index (χ1) is 12.0. The third kappa shape index (κ3) is 3.51. The number of nitrogens with zero attached hydrogens (tertiary/aromatic N) is 1. The Morgan fingerprint density at radius 3 is 2.92 bits per heavy atom. The molecule has 2 heterocycles. The van der Waals surface area contributed by atoms with E-state index in [0.29, 0.717) is 32.0 Å². The highest BCUT2D eigenvalue weighted by Gasteiger charge is 2.19. The van der Waals surface area contributed by atoms with Crippen LogP contribution in [0.4, 0.5) is 4.39 Å². The second-order valence-electron chi connectivity index (χ2n) is 5.30. The lowest BCUT2D eigenvalue weighted by Crippen LogP contribution is -2.10. The fourth-order valence-electron chi connectivity index (χ4n) is 2.42. The Morgan fingerprint density at radius 2 is 2.20 bits per heavy atom. The van der Waals surface area contributed by atoms with Crippen LogP contribution in [0.3, 0.4) is 0 Å². The van der Waals surface area contributed by atoms with Crippen molar-refractivity contribution in [3.63, 3.8) is 0 Å². The fraction of sp³-hybridized carbons (Fsp3) is 0.167. The molecule has 3 aromatic rings. The molecule has 0 spiro atoms. The quantitative estimate of drug-likeness (QED) is 0.721. The number of aromatic amines is 1. The molecule has 0 aliphatic heterocycles. The van der Waals surface area contributed by atoms with E-state index < -0.39 is 5.97 Å². The molecule has 0 atom stereocenters. The van der Waals surface area contributed by atoms with Crippen molar-refractivity contribution in [3.8, 4) is 0 Å². The number of halogens is 1. The van der Waals surface area contributed by atoms with E-state index in [1.165, 1.54) is 12.1 Å². The van der Waals surface area contributed by atoms with E-state index in [9.17, 15) is 14.0 Å². The summed E-state index contributed by atoms with van der Waals surface area (Å²) in [6.07, 6.45) is 3.24. The standard InChI is InChI=1S/C18H15FN2O3S/c1-3-24-18(23)15-10(2)14-16(22)20-13(21-17(14)25-15)8-7-11-5-4-6-12(19)9-11/h4-9H,3H2,1-2H3,(H,20,21,22). The number of rotatable bonds is 4.